The van der Waals surface area contributed by atoms with Crippen molar-refractivity contribution in [1.82, 2.24) is 9.97 Å². The molecule has 0 aliphatic carbocycles. The molecule has 0 fully saturated rings. The van der Waals surface area contributed by atoms with Gasteiger partial charge in [-0.15, -0.1) is 0 Å². The van der Waals surface area contributed by atoms with Gasteiger partial charge in [0, 0.05) is 11.9 Å². The van der Waals surface area contributed by atoms with E-state index in [2.05, 4.69) is 46.5 Å². The lowest BCUT2D eigenvalue weighted by Crippen LogP contribution is -2.09. The number of ether oxygens (including phenoxy) is 1. The summed E-state index contributed by atoms with van der Waals surface area (Å²) in [4.78, 5) is 9.17. The third-order valence-corrected chi connectivity index (χ3v) is 3.91. The van der Waals surface area contributed by atoms with Crippen molar-refractivity contribution in [2.75, 3.05) is 19.0 Å². The van der Waals surface area contributed by atoms with Crippen molar-refractivity contribution in [3.8, 4) is 5.75 Å². The standard InChI is InChI=1S/C19H21N3O/c1-13-8-9-16-14(2)21-19(22-17(16)12-13)20-11-10-15-6-4-5-7-18(15)23-3/h4-9,12H,10-11H2,1-3H3,(H,20,21,22). The van der Waals surface area contributed by atoms with Crippen LogP contribution in [0.4, 0.5) is 5.95 Å². The second-order valence-electron chi connectivity index (χ2n) is 5.64. The third-order valence-electron chi connectivity index (χ3n) is 3.91. The lowest BCUT2D eigenvalue weighted by atomic mass is 10.1. The molecule has 1 N–H and O–H groups in total. The summed E-state index contributed by atoms with van der Waals surface area (Å²) < 4.78 is 5.38. The Hall–Kier alpha value is -2.62. The van der Waals surface area contributed by atoms with E-state index < -0.39 is 0 Å². The smallest absolute Gasteiger partial charge is 0.223 e. The zero-order valence-electron chi connectivity index (χ0n) is 13.8. The first kappa shape index (κ1) is 15.3. The molecule has 0 spiro atoms. The van der Waals surface area contributed by atoms with Crippen LogP contribution in [0.3, 0.4) is 0 Å². The molecule has 0 unspecified atom stereocenters. The van der Waals surface area contributed by atoms with Crippen LogP contribution in [0, 0.1) is 13.8 Å². The van der Waals surface area contributed by atoms with Crippen LogP contribution < -0.4 is 10.1 Å². The molecule has 23 heavy (non-hydrogen) atoms. The van der Waals surface area contributed by atoms with Crippen LogP contribution in [0.1, 0.15) is 16.8 Å². The highest BCUT2D eigenvalue weighted by Crippen LogP contribution is 2.20. The van der Waals surface area contributed by atoms with Crippen molar-refractivity contribution in [2.24, 2.45) is 0 Å². The number of aryl methyl sites for hydroxylation is 2. The Morgan fingerprint density at radius 3 is 2.70 bits per heavy atom. The summed E-state index contributed by atoms with van der Waals surface area (Å²) in [6, 6.07) is 14.3. The number of hydrogen-bond acceptors (Lipinski definition) is 4. The molecule has 118 valence electrons. The molecule has 0 aliphatic rings. The maximum Gasteiger partial charge on any atom is 0.223 e. The van der Waals surface area contributed by atoms with Crippen LogP contribution in [0.5, 0.6) is 5.75 Å². The molecule has 0 radical (unpaired) electrons. The van der Waals surface area contributed by atoms with Gasteiger partial charge in [-0.3, -0.25) is 0 Å². The summed E-state index contributed by atoms with van der Waals surface area (Å²) in [6.45, 7) is 4.85. The highest BCUT2D eigenvalue weighted by atomic mass is 16.5. The van der Waals surface area contributed by atoms with Gasteiger partial charge in [-0.1, -0.05) is 30.3 Å². The SMILES string of the molecule is COc1ccccc1CCNc1nc(C)c2ccc(C)cc2n1. The van der Waals surface area contributed by atoms with Gasteiger partial charge in [0.25, 0.3) is 0 Å². The third kappa shape index (κ3) is 3.42. The largest absolute Gasteiger partial charge is 0.496 e. The lowest BCUT2D eigenvalue weighted by Gasteiger charge is -2.10. The van der Waals surface area contributed by atoms with Gasteiger partial charge in [0.15, 0.2) is 0 Å². The van der Waals surface area contributed by atoms with Gasteiger partial charge in [-0.25, -0.2) is 9.97 Å². The van der Waals surface area contributed by atoms with Gasteiger partial charge < -0.3 is 10.1 Å². The zero-order chi connectivity index (χ0) is 16.2. The molecule has 0 bridgehead atoms. The Morgan fingerprint density at radius 1 is 1.04 bits per heavy atom. The lowest BCUT2D eigenvalue weighted by molar-refractivity contribution is 0.410. The molecule has 1 heterocycles. The first-order valence-corrected chi connectivity index (χ1v) is 7.78. The number of rotatable bonds is 5. The van der Waals surface area contributed by atoms with Crippen LogP contribution in [-0.4, -0.2) is 23.6 Å². The number of anilines is 1. The number of benzene rings is 2. The number of aromatic nitrogens is 2. The van der Waals surface area contributed by atoms with Crippen LogP contribution in [0.15, 0.2) is 42.5 Å². The normalized spacial score (nSPS) is 10.7. The minimum atomic E-state index is 0.676. The van der Waals surface area contributed by atoms with Crippen molar-refractivity contribution in [3.63, 3.8) is 0 Å². The first-order valence-electron chi connectivity index (χ1n) is 7.78. The van der Waals surface area contributed by atoms with E-state index >= 15 is 0 Å². The van der Waals surface area contributed by atoms with Crippen LogP contribution in [0.2, 0.25) is 0 Å². The Morgan fingerprint density at radius 2 is 1.87 bits per heavy atom. The van der Waals surface area contributed by atoms with Gasteiger partial charge in [0.1, 0.15) is 5.75 Å². The number of nitrogens with zero attached hydrogens (tertiary/aromatic N) is 2. The Balaban J connectivity index is 1.74. The maximum absolute atomic E-state index is 5.38. The molecule has 0 aliphatic heterocycles. The molecule has 0 saturated heterocycles. The molecule has 1 aromatic heterocycles. The summed E-state index contributed by atoms with van der Waals surface area (Å²) in [5.74, 6) is 1.59. The fraction of sp³-hybridized carbons (Fsp3) is 0.263. The number of fused-ring (bicyclic) bond motifs is 1. The predicted octanol–water partition coefficient (Wildman–Crippen LogP) is 3.91. The van der Waals surface area contributed by atoms with E-state index in [-0.39, 0.29) is 0 Å². The highest BCUT2D eigenvalue weighted by molar-refractivity contribution is 5.82. The van der Waals surface area contributed by atoms with Crippen LogP contribution in [-0.2, 0) is 6.42 Å². The van der Waals surface area contributed by atoms with Crippen LogP contribution >= 0.6 is 0 Å². The number of methoxy groups -OCH3 is 1. The number of nitrogens with one attached hydrogen (secondary N) is 1. The van der Waals surface area contributed by atoms with Crippen molar-refractivity contribution in [2.45, 2.75) is 20.3 Å². The Bertz CT molecular complexity index is 830. The zero-order valence-corrected chi connectivity index (χ0v) is 13.8. The molecule has 3 aromatic rings. The molecule has 2 aromatic carbocycles. The summed E-state index contributed by atoms with van der Waals surface area (Å²) in [6.07, 6.45) is 0.859. The Labute approximate surface area is 136 Å². The molecule has 0 amide bonds. The minimum absolute atomic E-state index is 0.676. The summed E-state index contributed by atoms with van der Waals surface area (Å²) >= 11 is 0. The maximum atomic E-state index is 5.38. The summed E-state index contributed by atoms with van der Waals surface area (Å²) in [5, 5.41) is 4.42. The average molecular weight is 307 g/mol. The Kier molecular flexibility index (Phi) is 4.42. The number of para-hydroxylation sites is 1. The van der Waals surface area contributed by atoms with Crippen molar-refractivity contribution in [1.29, 1.82) is 0 Å². The van der Waals surface area contributed by atoms with Crippen molar-refractivity contribution >= 4 is 16.9 Å². The molecule has 4 heteroatoms. The van der Waals surface area contributed by atoms with E-state index in [4.69, 9.17) is 4.74 Å². The first-order chi connectivity index (χ1) is 11.2. The summed E-state index contributed by atoms with van der Waals surface area (Å²) in [7, 11) is 1.70. The highest BCUT2D eigenvalue weighted by Gasteiger charge is 2.06. The van der Waals surface area contributed by atoms with Gasteiger partial charge in [0.2, 0.25) is 5.95 Å². The van der Waals surface area contributed by atoms with E-state index in [0.717, 1.165) is 35.3 Å². The van der Waals surface area contributed by atoms with Crippen LogP contribution in [0.25, 0.3) is 10.9 Å². The van der Waals surface area contributed by atoms with Gasteiger partial charge >= 0.3 is 0 Å². The fourth-order valence-corrected chi connectivity index (χ4v) is 2.70. The van der Waals surface area contributed by atoms with Gasteiger partial charge in [0.05, 0.1) is 18.3 Å². The number of hydrogen-bond donors (Lipinski definition) is 1. The van der Waals surface area contributed by atoms with Crippen molar-refractivity contribution < 1.29 is 4.74 Å². The second-order valence-corrected chi connectivity index (χ2v) is 5.64. The topological polar surface area (TPSA) is 47.0 Å². The molecule has 0 saturated carbocycles. The second kappa shape index (κ2) is 6.65. The van der Waals surface area contributed by atoms with Crippen molar-refractivity contribution in [3.05, 3.63) is 59.3 Å². The van der Waals surface area contributed by atoms with E-state index in [0.29, 0.717) is 5.95 Å². The van der Waals surface area contributed by atoms with E-state index in [1.807, 2.05) is 25.1 Å². The van der Waals surface area contributed by atoms with E-state index in [1.54, 1.807) is 7.11 Å². The molecule has 3 rings (SSSR count). The molecular formula is C19H21N3O. The molecular weight excluding hydrogens is 286 g/mol. The monoisotopic (exact) mass is 307 g/mol. The van der Waals surface area contributed by atoms with Gasteiger partial charge in [-0.2, -0.15) is 0 Å². The van der Waals surface area contributed by atoms with Gasteiger partial charge in [-0.05, 0) is 43.5 Å². The minimum Gasteiger partial charge on any atom is -0.496 e. The van der Waals surface area contributed by atoms with E-state index in [1.165, 1.54) is 11.1 Å². The fourth-order valence-electron chi connectivity index (χ4n) is 2.70. The summed E-state index contributed by atoms with van der Waals surface area (Å²) in [5.41, 5.74) is 4.36. The quantitative estimate of drug-likeness (QED) is 0.776. The molecule has 0 atom stereocenters. The van der Waals surface area contributed by atoms with E-state index in [9.17, 15) is 0 Å². The predicted molar refractivity (Wildman–Crippen MR) is 94.2 cm³/mol. The molecule has 4 nitrogen and oxygen atoms in total. The average Bonchev–Trinajstić information content (AvgIpc) is 2.55.